The highest BCUT2D eigenvalue weighted by Gasteiger charge is 2.15. The van der Waals surface area contributed by atoms with Crippen LogP contribution >= 0.6 is 0 Å². The van der Waals surface area contributed by atoms with Crippen LogP contribution in [-0.4, -0.2) is 22.3 Å². The van der Waals surface area contributed by atoms with E-state index in [1.165, 1.54) is 12.8 Å². The first-order chi connectivity index (χ1) is 9.28. The predicted octanol–water partition coefficient (Wildman–Crippen LogP) is 2.01. The minimum Gasteiger partial charge on any atom is -0.497 e. The normalized spacial score (nSPS) is 13.9. The maximum Gasteiger partial charge on any atom is 0.184 e. The van der Waals surface area contributed by atoms with Crippen LogP contribution in [0.4, 0.5) is 5.69 Å². The molecule has 0 atom stereocenters. The molecule has 19 heavy (non-hydrogen) atoms. The predicted molar refractivity (Wildman–Crippen MR) is 72.9 cm³/mol. The first-order valence-electron chi connectivity index (χ1n) is 6.44. The van der Waals surface area contributed by atoms with Gasteiger partial charge in [-0.15, -0.1) is 5.10 Å². The summed E-state index contributed by atoms with van der Waals surface area (Å²) in [7, 11) is 1.62. The molecule has 0 fully saturated rings. The van der Waals surface area contributed by atoms with Crippen molar-refractivity contribution < 1.29 is 4.74 Å². The molecule has 5 nitrogen and oxygen atoms in total. The van der Waals surface area contributed by atoms with Gasteiger partial charge in [0.15, 0.2) is 5.82 Å². The number of nitrogen functional groups attached to an aromatic ring is 1. The minimum absolute atomic E-state index is 0.598. The number of hydrogen-bond donors (Lipinski definition) is 1. The molecular weight excluding hydrogens is 240 g/mol. The van der Waals surface area contributed by atoms with E-state index >= 15 is 0 Å². The Labute approximate surface area is 111 Å². The van der Waals surface area contributed by atoms with Crippen molar-refractivity contribution in [3.63, 3.8) is 0 Å². The monoisotopic (exact) mass is 256 g/mol. The Hall–Kier alpha value is -2.17. The molecule has 1 aromatic heterocycles. The first kappa shape index (κ1) is 11.9. The van der Waals surface area contributed by atoms with E-state index in [0.717, 1.165) is 35.5 Å². The zero-order valence-electron chi connectivity index (χ0n) is 10.9. The molecule has 0 radical (unpaired) electrons. The molecule has 0 bridgehead atoms. The van der Waals surface area contributed by atoms with Gasteiger partial charge in [0.1, 0.15) is 5.75 Å². The quantitative estimate of drug-likeness (QED) is 0.832. The maximum atomic E-state index is 6.02. The van der Waals surface area contributed by atoms with Crippen LogP contribution in [0.1, 0.15) is 24.2 Å². The summed E-state index contributed by atoms with van der Waals surface area (Å²) >= 11 is 0. The number of benzene rings is 1. The summed E-state index contributed by atoms with van der Waals surface area (Å²) in [6.07, 6.45) is 4.30. The highest BCUT2D eigenvalue weighted by molar-refractivity contribution is 5.72. The highest BCUT2D eigenvalue weighted by Crippen LogP contribution is 2.27. The average Bonchev–Trinajstić information content (AvgIpc) is 2.46. The van der Waals surface area contributed by atoms with Crippen LogP contribution in [0.15, 0.2) is 18.2 Å². The fraction of sp³-hybridized carbons (Fsp3) is 0.357. The summed E-state index contributed by atoms with van der Waals surface area (Å²) < 4.78 is 5.14. The van der Waals surface area contributed by atoms with Gasteiger partial charge in [-0.05, 0) is 37.8 Å². The molecule has 2 N–H and O–H groups in total. The number of nitrogens with zero attached hydrogens (tertiary/aromatic N) is 3. The second-order valence-electron chi connectivity index (χ2n) is 4.69. The lowest BCUT2D eigenvalue weighted by Crippen LogP contribution is -2.11. The summed E-state index contributed by atoms with van der Waals surface area (Å²) in [5, 5.41) is 8.48. The fourth-order valence-electron chi connectivity index (χ4n) is 2.35. The summed E-state index contributed by atoms with van der Waals surface area (Å²) in [5.74, 6) is 1.33. The number of methoxy groups -OCH3 is 1. The standard InChI is InChI=1S/C14H16N4O/c1-19-9-6-7-10(11(15)8-9)14-16-12-4-2-3-5-13(12)17-18-14/h6-8H,2-5,15H2,1H3. The van der Waals surface area contributed by atoms with Crippen LogP contribution in [0, 0.1) is 0 Å². The molecule has 0 saturated heterocycles. The Morgan fingerprint density at radius 1 is 1.11 bits per heavy atom. The van der Waals surface area contributed by atoms with E-state index in [9.17, 15) is 0 Å². The van der Waals surface area contributed by atoms with E-state index in [-0.39, 0.29) is 0 Å². The Bertz CT molecular complexity index is 612. The molecule has 0 unspecified atom stereocenters. The van der Waals surface area contributed by atoms with Crippen LogP contribution in [0.5, 0.6) is 5.75 Å². The second kappa shape index (κ2) is 4.84. The third-order valence-corrected chi connectivity index (χ3v) is 3.42. The van der Waals surface area contributed by atoms with Gasteiger partial charge in [-0.2, -0.15) is 5.10 Å². The van der Waals surface area contributed by atoms with Crippen molar-refractivity contribution in [3.05, 3.63) is 29.6 Å². The van der Waals surface area contributed by atoms with E-state index in [1.807, 2.05) is 12.1 Å². The number of ether oxygens (including phenoxy) is 1. The molecule has 5 heteroatoms. The Balaban J connectivity index is 2.02. The van der Waals surface area contributed by atoms with Crippen molar-refractivity contribution in [2.75, 3.05) is 12.8 Å². The molecule has 1 aromatic carbocycles. The van der Waals surface area contributed by atoms with Crippen LogP contribution in [-0.2, 0) is 12.8 Å². The highest BCUT2D eigenvalue weighted by atomic mass is 16.5. The molecule has 3 rings (SSSR count). The summed E-state index contributed by atoms with van der Waals surface area (Å²) in [6.45, 7) is 0. The van der Waals surface area contributed by atoms with Crippen molar-refractivity contribution in [1.29, 1.82) is 0 Å². The third kappa shape index (κ3) is 2.23. The average molecular weight is 256 g/mol. The maximum absolute atomic E-state index is 6.02. The van der Waals surface area contributed by atoms with Crippen molar-refractivity contribution in [2.45, 2.75) is 25.7 Å². The third-order valence-electron chi connectivity index (χ3n) is 3.42. The topological polar surface area (TPSA) is 73.9 Å². The zero-order valence-corrected chi connectivity index (χ0v) is 10.9. The van der Waals surface area contributed by atoms with Crippen molar-refractivity contribution in [3.8, 4) is 17.1 Å². The van der Waals surface area contributed by atoms with Gasteiger partial charge in [-0.1, -0.05) is 0 Å². The number of fused-ring (bicyclic) bond motifs is 1. The molecule has 0 spiro atoms. The van der Waals surface area contributed by atoms with Crippen LogP contribution in [0.25, 0.3) is 11.4 Å². The Kier molecular flexibility index (Phi) is 3.03. The van der Waals surface area contributed by atoms with Gasteiger partial charge in [0.05, 0.1) is 18.5 Å². The fourth-order valence-corrected chi connectivity index (χ4v) is 2.35. The van der Waals surface area contributed by atoms with Crippen molar-refractivity contribution in [1.82, 2.24) is 15.2 Å². The molecule has 98 valence electrons. The van der Waals surface area contributed by atoms with Gasteiger partial charge < -0.3 is 10.5 Å². The van der Waals surface area contributed by atoms with Gasteiger partial charge in [0.25, 0.3) is 0 Å². The number of aromatic nitrogens is 3. The first-order valence-corrected chi connectivity index (χ1v) is 6.44. The minimum atomic E-state index is 0.598. The summed E-state index contributed by atoms with van der Waals surface area (Å²) in [6, 6.07) is 5.51. The van der Waals surface area contributed by atoms with Crippen LogP contribution in [0.2, 0.25) is 0 Å². The molecule has 0 amide bonds. The van der Waals surface area contributed by atoms with E-state index < -0.39 is 0 Å². The number of aryl methyl sites for hydroxylation is 2. The SMILES string of the molecule is COc1ccc(-c2nnc3c(n2)CCCC3)c(N)c1. The molecule has 1 aliphatic carbocycles. The summed E-state index contributed by atoms with van der Waals surface area (Å²) in [4.78, 5) is 4.61. The molecule has 1 heterocycles. The Morgan fingerprint density at radius 2 is 1.89 bits per heavy atom. The zero-order chi connectivity index (χ0) is 13.2. The van der Waals surface area contributed by atoms with Crippen LogP contribution in [0.3, 0.4) is 0 Å². The van der Waals surface area contributed by atoms with Gasteiger partial charge in [0.2, 0.25) is 0 Å². The van der Waals surface area contributed by atoms with Crippen molar-refractivity contribution >= 4 is 5.69 Å². The molecule has 0 aliphatic heterocycles. The lowest BCUT2D eigenvalue weighted by atomic mass is 10.0. The Morgan fingerprint density at radius 3 is 2.63 bits per heavy atom. The molecule has 1 aliphatic rings. The van der Waals surface area contributed by atoms with Crippen molar-refractivity contribution in [2.24, 2.45) is 0 Å². The van der Waals surface area contributed by atoms with Gasteiger partial charge >= 0.3 is 0 Å². The largest absolute Gasteiger partial charge is 0.497 e. The lowest BCUT2D eigenvalue weighted by Gasteiger charge is -2.14. The second-order valence-corrected chi connectivity index (χ2v) is 4.69. The molecular formula is C14H16N4O. The number of hydrogen-bond acceptors (Lipinski definition) is 5. The van der Waals surface area contributed by atoms with E-state index in [2.05, 4.69) is 15.2 Å². The van der Waals surface area contributed by atoms with E-state index in [0.29, 0.717) is 11.5 Å². The molecule has 2 aromatic rings. The number of nitrogens with two attached hydrogens (primary N) is 1. The van der Waals surface area contributed by atoms with E-state index in [1.54, 1.807) is 13.2 Å². The van der Waals surface area contributed by atoms with Gasteiger partial charge in [-0.25, -0.2) is 4.98 Å². The lowest BCUT2D eigenvalue weighted by molar-refractivity contribution is 0.415. The van der Waals surface area contributed by atoms with Crippen LogP contribution < -0.4 is 10.5 Å². The van der Waals surface area contributed by atoms with Gasteiger partial charge in [0, 0.05) is 17.3 Å². The molecule has 0 saturated carbocycles. The number of rotatable bonds is 2. The van der Waals surface area contributed by atoms with E-state index in [4.69, 9.17) is 10.5 Å². The summed E-state index contributed by atoms with van der Waals surface area (Å²) in [5.41, 5.74) is 9.52. The van der Waals surface area contributed by atoms with Gasteiger partial charge in [-0.3, -0.25) is 0 Å². The smallest absolute Gasteiger partial charge is 0.184 e. The number of anilines is 1.